The highest BCUT2D eigenvalue weighted by atomic mass is 32.2. The number of halogens is 2. The fourth-order valence-electron chi connectivity index (χ4n) is 1.90. The molecule has 0 fully saturated rings. The molecule has 0 atom stereocenters. The highest BCUT2D eigenvalue weighted by Gasteiger charge is 2.17. The van der Waals surface area contributed by atoms with Gasteiger partial charge in [-0.15, -0.1) is 0 Å². The monoisotopic (exact) mass is 352 g/mol. The second-order valence-corrected chi connectivity index (χ2v) is 5.62. The molecule has 2 aromatic heterocycles. The van der Waals surface area contributed by atoms with Crippen molar-refractivity contribution in [1.82, 2.24) is 14.8 Å². The third-order valence-electron chi connectivity index (χ3n) is 3.00. The third kappa shape index (κ3) is 4.08. The molecule has 0 spiro atoms. The van der Waals surface area contributed by atoms with E-state index in [0.29, 0.717) is 5.56 Å². The van der Waals surface area contributed by atoms with Gasteiger partial charge in [-0.2, -0.15) is 10.4 Å². The third-order valence-corrected chi connectivity index (χ3v) is 3.96. The zero-order valence-electron chi connectivity index (χ0n) is 13.0. The molecule has 0 aliphatic rings. The molecule has 126 valence electrons. The molecule has 0 aliphatic heterocycles. The molecule has 0 saturated heterocycles. The molecule has 0 aliphatic carbocycles. The van der Waals surface area contributed by atoms with E-state index in [-0.39, 0.29) is 34.5 Å². The number of aryl methyl sites for hydroxylation is 1. The van der Waals surface area contributed by atoms with Crippen LogP contribution in [0.1, 0.15) is 40.7 Å². The van der Waals surface area contributed by atoms with Crippen LogP contribution in [-0.2, 0) is 10.6 Å². The fourth-order valence-corrected chi connectivity index (χ4v) is 2.81. The van der Waals surface area contributed by atoms with Crippen LogP contribution < -0.4 is 0 Å². The summed E-state index contributed by atoms with van der Waals surface area (Å²) in [4.78, 5) is 15.4. The van der Waals surface area contributed by atoms with Gasteiger partial charge < -0.3 is 4.74 Å². The molecule has 2 rings (SSSR count). The van der Waals surface area contributed by atoms with Crippen molar-refractivity contribution in [1.29, 1.82) is 5.26 Å². The average Bonchev–Trinajstić information content (AvgIpc) is 3.01. The molecule has 0 unspecified atom stereocenters. The normalized spacial score (nSPS) is 10.7. The van der Waals surface area contributed by atoms with Gasteiger partial charge >= 0.3 is 5.97 Å². The number of nitriles is 1. The number of ether oxygens (including phenoxy) is 1. The Labute approximate surface area is 141 Å². The molecule has 0 saturated carbocycles. The lowest BCUT2D eigenvalue weighted by Gasteiger charge is -2.09. The predicted molar refractivity (Wildman–Crippen MR) is 82.7 cm³/mol. The Balaban J connectivity index is 2.17. The van der Waals surface area contributed by atoms with Gasteiger partial charge in [0.05, 0.1) is 18.0 Å². The van der Waals surface area contributed by atoms with Crippen LogP contribution in [0.15, 0.2) is 23.4 Å². The fraction of sp³-hybridized carbons (Fsp3) is 0.333. The average molecular weight is 352 g/mol. The van der Waals surface area contributed by atoms with Crippen LogP contribution in [0.25, 0.3) is 0 Å². The Bertz CT molecular complexity index is 786. The quantitative estimate of drug-likeness (QED) is 0.586. The van der Waals surface area contributed by atoms with E-state index in [0.717, 1.165) is 11.8 Å². The SMILES string of the molecule is CCOC(=O)c1ccn(CSc2nc(C(F)F)cc(C)c2C#N)n1. The summed E-state index contributed by atoms with van der Waals surface area (Å²) in [5.74, 6) is -0.319. The second kappa shape index (κ2) is 7.88. The van der Waals surface area contributed by atoms with Gasteiger partial charge in [0.1, 0.15) is 16.8 Å². The zero-order valence-corrected chi connectivity index (χ0v) is 13.8. The van der Waals surface area contributed by atoms with Crippen LogP contribution >= 0.6 is 11.8 Å². The highest BCUT2D eigenvalue weighted by Crippen LogP contribution is 2.28. The van der Waals surface area contributed by atoms with Gasteiger partial charge in [0.15, 0.2) is 5.69 Å². The minimum atomic E-state index is -2.71. The number of pyridine rings is 1. The number of carbonyl (C=O) groups is 1. The summed E-state index contributed by atoms with van der Waals surface area (Å²) in [6.45, 7) is 3.52. The van der Waals surface area contributed by atoms with E-state index in [1.54, 1.807) is 20.0 Å². The van der Waals surface area contributed by atoms with E-state index >= 15 is 0 Å². The Morgan fingerprint density at radius 2 is 2.29 bits per heavy atom. The summed E-state index contributed by atoms with van der Waals surface area (Å²) in [5, 5.41) is 13.4. The molecule has 2 aromatic rings. The van der Waals surface area contributed by atoms with E-state index < -0.39 is 12.4 Å². The molecule has 0 aromatic carbocycles. The highest BCUT2D eigenvalue weighted by molar-refractivity contribution is 7.98. The second-order valence-electron chi connectivity index (χ2n) is 4.69. The standard InChI is InChI=1S/C15H14F2N4O2S/c1-3-23-15(22)11-4-5-21(20-11)8-24-14-10(7-18)9(2)6-12(19-14)13(16)17/h4-6,13H,3,8H2,1-2H3. The molecular formula is C15H14F2N4O2S. The van der Waals surface area contributed by atoms with Gasteiger partial charge in [-0.25, -0.2) is 18.6 Å². The molecule has 0 radical (unpaired) electrons. The Kier molecular flexibility index (Phi) is 5.87. The van der Waals surface area contributed by atoms with Gasteiger partial charge in [-0.3, -0.25) is 4.68 Å². The molecule has 0 bridgehead atoms. The number of thioether (sulfide) groups is 1. The lowest BCUT2D eigenvalue weighted by atomic mass is 10.1. The van der Waals surface area contributed by atoms with Crippen molar-refractivity contribution >= 4 is 17.7 Å². The van der Waals surface area contributed by atoms with Crippen LogP contribution in [0, 0.1) is 18.3 Å². The molecule has 0 N–H and O–H groups in total. The maximum atomic E-state index is 12.9. The first-order chi connectivity index (χ1) is 11.5. The van der Waals surface area contributed by atoms with Crippen molar-refractivity contribution in [2.24, 2.45) is 0 Å². The predicted octanol–water partition coefficient (Wildman–Crippen LogP) is 3.32. The molecule has 24 heavy (non-hydrogen) atoms. The summed E-state index contributed by atoms with van der Waals surface area (Å²) < 4.78 is 32.0. The Hall–Kier alpha value is -2.47. The maximum absolute atomic E-state index is 12.9. The van der Waals surface area contributed by atoms with Gasteiger partial charge in [-0.1, -0.05) is 11.8 Å². The van der Waals surface area contributed by atoms with Crippen LogP contribution in [0.5, 0.6) is 0 Å². The van der Waals surface area contributed by atoms with Crippen LogP contribution in [-0.4, -0.2) is 27.3 Å². The minimum absolute atomic E-state index is 0.156. The van der Waals surface area contributed by atoms with Crippen molar-refractivity contribution < 1.29 is 18.3 Å². The number of esters is 1. The van der Waals surface area contributed by atoms with Crippen LogP contribution in [0.2, 0.25) is 0 Å². The number of hydrogen-bond donors (Lipinski definition) is 0. The number of rotatable bonds is 6. The number of aromatic nitrogens is 3. The van der Waals surface area contributed by atoms with Gasteiger partial charge in [0.2, 0.25) is 0 Å². The number of nitrogens with zero attached hydrogens (tertiary/aromatic N) is 4. The van der Waals surface area contributed by atoms with Gasteiger partial charge in [0, 0.05) is 6.20 Å². The van der Waals surface area contributed by atoms with Crippen LogP contribution in [0.4, 0.5) is 8.78 Å². The smallest absolute Gasteiger partial charge is 0.358 e. The first-order valence-corrected chi connectivity index (χ1v) is 7.98. The Morgan fingerprint density at radius 1 is 1.54 bits per heavy atom. The lowest BCUT2D eigenvalue weighted by molar-refractivity contribution is 0.0518. The summed E-state index contributed by atoms with van der Waals surface area (Å²) in [7, 11) is 0. The van der Waals surface area contributed by atoms with Crippen molar-refractivity contribution in [3.8, 4) is 6.07 Å². The van der Waals surface area contributed by atoms with Crippen LogP contribution in [0.3, 0.4) is 0 Å². The summed E-state index contributed by atoms with van der Waals surface area (Å²) in [6, 6.07) is 4.68. The number of carbonyl (C=O) groups excluding carboxylic acids is 1. The molecular weight excluding hydrogens is 338 g/mol. The van der Waals surface area contributed by atoms with E-state index in [1.165, 1.54) is 16.8 Å². The molecule has 6 nitrogen and oxygen atoms in total. The largest absolute Gasteiger partial charge is 0.461 e. The first-order valence-electron chi connectivity index (χ1n) is 6.99. The van der Waals surface area contributed by atoms with Crippen molar-refractivity contribution in [3.05, 3.63) is 40.8 Å². The lowest BCUT2D eigenvalue weighted by Crippen LogP contribution is -2.07. The van der Waals surface area contributed by atoms with Gasteiger partial charge in [0.25, 0.3) is 6.43 Å². The van der Waals surface area contributed by atoms with Crippen molar-refractivity contribution in [3.63, 3.8) is 0 Å². The van der Waals surface area contributed by atoms with Crippen molar-refractivity contribution in [2.75, 3.05) is 6.61 Å². The summed E-state index contributed by atoms with van der Waals surface area (Å²) in [6.07, 6.45) is -1.15. The first kappa shape index (κ1) is 17.9. The van der Waals surface area contributed by atoms with E-state index in [9.17, 15) is 18.8 Å². The number of hydrogen-bond acceptors (Lipinski definition) is 6. The molecule has 9 heteroatoms. The summed E-state index contributed by atoms with van der Waals surface area (Å²) in [5.41, 5.74) is 0.477. The zero-order chi connectivity index (χ0) is 17.7. The van der Waals surface area contributed by atoms with E-state index in [4.69, 9.17) is 4.74 Å². The van der Waals surface area contributed by atoms with Crippen molar-refractivity contribution in [2.45, 2.75) is 31.2 Å². The molecule has 2 heterocycles. The molecule has 0 amide bonds. The maximum Gasteiger partial charge on any atom is 0.358 e. The van der Waals surface area contributed by atoms with E-state index in [1.807, 2.05) is 6.07 Å². The van der Waals surface area contributed by atoms with E-state index in [2.05, 4.69) is 10.1 Å². The number of alkyl halides is 2. The minimum Gasteiger partial charge on any atom is -0.461 e. The Morgan fingerprint density at radius 3 is 2.92 bits per heavy atom. The topological polar surface area (TPSA) is 80.8 Å². The summed E-state index contributed by atoms with van der Waals surface area (Å²) >= 11 is 1.09. The van der Waals surface area contributed by atoms with Gasteiger partial charge in [-0.05, 0) is 31.5 Å².